The first-order valence-corrected chi connectivity index (χ1v) is 7.14. The molecule has 0 aliphatic carbocycles. The Morgan fingerprint density at radius 1 is 1.33 bits per heavy atom. The van der Waals surface area contributed by atoms with E-state index in [0.717, 1.165) is 37.3 Å². The number of hydrogen-bond acceptors (Lipinski definition) is 2. The van der Waals surface area contributed by atoms with E-state index >= 15 is 0 Å². The Hall–Kier alpha value is -1.02. The average Bonchev–Trinajstić information content (AvgIpc) is 2.77. The van der Waals surface area contributed by atoms with Crippen molar-refractivity contribution < 1.29 is 4.74 Å². The molecule has 1 aliphatic rings. The summed E-state index contributed by atoms with van der Waals surface area (Å²) < 4.78 is 5.78. The van der Waals surface area contributed by atoms with Crippen molar-refractivity contribution in [2.75, 3.05) is 19.7 Å². The third-order valence-electron chi connectivity index (χ3n) is 3.99. The third kappa shape index (κ3) is 3.05. The molecule has 1 aliphatic heterocycles. The highest BCUT2D eigenvalue weighted by Crippen LogP contribution is 2.38. The Labute approximate surface area is 111 Å². The van der Waals surface area contributed by atoms with Gasteiger partial charge in [0.1, 0.15) is 5.75 Å². The molecule has 2 heteroatoms. The Kier molecular flexibility index (Phi) is 4.65. The fourth-order valence-corrected chi connectivity index (χ4v) is 2.71. The summed E-state index contributed by atoms with van der Waals surface area (Å²) in [6.45, 7) is 9.85. The molecule has 18 heavy (non-hydrogen) atoms. The molecule has 1 aromatic rings. The maximum Gasteiger partial charge on any atom is 0.122 e. The van der Waals surface area contributed by atoms with Gasteiger partial charge < -0.3 is 10.1 Å². The van der Waals surface area contributed by atoms with E-state index in [2.05, 4.69) is 50.4 Å². The van der Waals surface area contributed by atoms with E-state index in [-0.39, 0.29) is 0 Å². The van der Waals surface area contributed by atoms with Gasteiger partial charge in [0.15, 0.2) is 0 Å². The van der Waals surface area contributed by atoms with Crippen LogP contribution in [-0.2, 0) is 0 Å². The zero-order valence-electron chi connectivity index (χ0n) is 11.8. The van der Waals surface area contributed by atoms with Gasteiger partial charge in [0.25, 0.3) is 0 Å². The van der Waals surface area contributed by atoms with E-state index in [4.69, 9.17) is 4.74 Å². The number of para-hydroxylation sites is 1. The van der Waals surface area contributed by atoms with Crippen LogP contribution < -0.4 is 10.1 Å². The van der Waals surface area contributed by atoms with Crippen LogP contribution in [0.25, 0.3) is 0 Å². The van der Waals surface area contributed by atoms with E-state index in [1.54, 1.807) is 0 Å². The van der Waals surface area contributed by atoms with Crippen molar-refractivity contribution in [3.8, 4) is 5.75 Å². The second-order valence-corrected chi connectivity index (χ2v) is 5.59. The van der Waals surface area contributed by atoms with Crippen LogP contribution in [-0.4, -0.2) is 19.7 Å². The highest BCUT2D eigenvalue weighted by atomic mass is 16.5. The molecule has 0 spiro atoms. The van der Waals surface area contributed by atoms with Crippen molar-refractivity contribution in [1.82, 2.24) is 5.32 Å². The molecule has 2 unspecified atom stereocenters. The van der Waals surface area contributed by atoms with E-state index in [1.165, 1.54) is 12.0 Å². The maximum absolute atomic E-state index is 5.78. The Balaban J connectivity index is 2.00. The maximum atomic E-state index is 5.78. The van der Waals surface area contributed by atoms with Gasteiger partial charge in [-0.05, 0) is 37.4 Å². The fourth-order valence-electron chi connectivity index (χ4n) is 2.71. The van der Waals surface area contributed by atoms with Gasteiger partial charge in [-0.2, -0.15) is 0 Å². The number of benzene rings is 1. The van der Waals surface area contributed by atoms with Crippen molar-refractivity contribution in [3.63, 3.8) is 0 Å². The molecule has 0 radical (unpaired) electrons. The first-order valence-electron chi connectivity index (χ1n) is 7.14. The summed E-state index contributed by atoms with van der Waals surface area (Å²) in [5.74, 6) is 3.11. The van der Waals surface area contributed by atoms with Crippen molar-refractivity contribution in [3.05, 3.63) is 29.8 Å². The molecule has 2 atom stereocenters. The summed E-state index contributed by atoms with van der Waals surface area (Å²) in [7, 11) is 0. The largest absolute Gasteiger partial charge is 0.493 e. The molecule has 0 fully saturated rings. The molecule has 0 amide bonds. The van der Waals surface area contributed by atoms with Gasteiger partial charge in [-0.15, -0.1) is 0 Å². The molecular formula is C16H25NO. The smallest absolute Gasteiger partial charge is 0.122 e. The summed E-state index contributed by atoms with van der Waals surface area (Å²) >= 11 is 0. The first-order chi connectivity index (χ1) is 8.72. The van der Waals surface area contributed by atoms with Crippen LogP contribution in [0.15, 0.2) is 24.3 Å². The number of rotatable bonds is 6. The molecule has 1 aromatic carbocycles. The van der Waals surface area contributed by atoms with Crippen LogP contribution >= 0.6 is 0 Å². The van der Waals surface area contributed by atoms with E-state index in [0.29, 0.717) is 5.92 Å². The number of nitrogens with one attached hydrogen (secondary N) is 1. The zero-order chi connectivity index (χ0) is 13.0. The molecule has 2 rings (SSSR count). The summed E-state index contributed by atoms with van der Waals surface area (Å²) in [6, 6.07) is 8.48. The monoisotopic (exact) mass is 247 g/mol. The van der Waals surface area contributed by atoms with E-state index < -0.39 is 0 Å². The zero-order valence-corrected chi connectivity index (χ0v) is 11.8. The van der Waals surface area contributed by atoms with Crippen LogP contribution in [0.4, 0.5) is 0 Å². The highest BCUT2D eigenvalue weighted by Gasteiger charge is 2.27. The van der Waals surface area contributed by atoms with Gasteiger partial charge in [-0.3, -0.25) is 0 Å². The lowest BCUT2D eigenvalue weighted by Gasteiger charge is -2.24. The molecule has 1 heterocycles. The number of fused-ring (bicyclic) bond motifs is 1. The normalized spacial score (nSPS) is 19.7. The summed E-state index contributed by atoms with van der Waals surface area (Å²) in [4.78, 5) is 0. The molecule has 2 nitrogen and oxygen atoms in total. The molecular weight excluding hydrogens is 222 g/mol. The summed E-state index contributed by atoms with van der Waals surface area (Å²) in [6.07, 6.45) is 1.22. The van der Waals surface area contributed by atoms with Crippen molar-refractivity contribution >= 4 is 0 Å². The predicted molar refractivity (Wildman–Crippen MR) is 76.2 cm³/mol. The Morgan fingerprint density at radius 2 is 2.11 bits per heavy atom. The summed E-state index contributed by atoms with van der Waals surface area (Å²) in [5.41, 5.74) is 1.40. The highest BCUT2D eigenvalue weighted by molar-refractivity contribution is 5.39. The minimum atomic E-state index is 0.576. The first kappa shape index (κ1) is 13.4. The molecule has 1 N–H and O–H groups in total. The quantitative estimate of drug-likeness (QED) is 0.831. The Morgan fingerprint density at radius 3 is 2.83 bits per heavy atom. The second-order valence-electron chi connectivity index (χ2n) is 5.59. The van der Waals surface area contributed by atoms with Crippen molar-refractivity contribution in [2.24, 2.45) is 11.8 Å². The van der Waals surface area contributed by atoms with Crippen LogP contribution in [0, 0.1) is 11.8 Å². The predicted octanol–water partition coefficient (Wildman–Crippen LogP) is 3.43. The second kappa shape index (κ2) is 6.24. The SMILES string of the molecule is CCNCC(CC1COc2ccccc21)C(C)C. The van der Waals surface area contributed by atoms with Crippen molar-refractivity contribution in [2.45, 2.75) is 33.1 Å². The topological polar surface area (TPSA) is 21.3 Å². The van der Waals surface area contributed by atoms with Crippen LogP contribution in [0.5, 0.6) is 5.75 Å². The van der Waals surface area contributed by atoms with Gasteiger partial charge in [0, 0.05) is 11.5 Å². The van der Waals surface area contributed by atoms with Gasteiger partial charge in [0.2, 0.25) is 0 Å². The lowest BCUT2D eigenvalue weighted by Crippen LogP contribution is -2.27. The lowest BCUT2D eigenvalue weighted by molar-refractivity contribution is 0.274. The molecule has 100 valence electrons. The molecule has 0 saturated heterocycles. The van der Waals surface area contributed by atoms with Gasteiger partial charge in [-0.1, -0.05) is 39.0 Å². The minimum absolute atomic E-state index is 0.576. The van der Waals surface area contributed by atoms with Crippen LogP contribution in [0.1, 0.15) is 38.7 Å². The van der Waals surface area contributed by atoms with Crippen LogP contribution in [0.3, 0.4) is 0 Å². The summed E-state index contributed by atoms with van der Waals surface area (Å²) in [5, 5.41) is 3.49. The van der Waals surface area contributed by atoms with Gasteiger partial charge in [-0.25, -0.2) is 0 Å². The molecule has 0 aromatic heterocycles. The van der Waals surface area contributed by atoms with Gasteiger partial charge in [0.05, 0.1) is 6.61 Å². The van der Waals surface area contributed by atoms with E-state index in [1.807, 2.05) is 0 Å². The standard InChI is InChI=1S/C16H25NO/c1-4-17-10-13(12(2)3)9-14-11-18-16-8-6-5-7-15(14)16/h5-8,12-14,17H,4,9-11H2,1-3H3. The minimum Gasteiger partial charge on any atom is -0.493 e. The molecule has 0 bridgehead atoms. The van der Waals surface area contributed by atoms with Crippen molar-refractivity contribution in [1.29, 1.82) is 0 Å². The van der Waals surface area contributed by atoms with Gasteiger partial charge >= 0.3 is 0 Å². The third-order valence-corrected chi connectivity index (χ3v) is 3.99. The average molecular weight is 247 g/mol. The van der Waals surface area contributed by atoms with Crippen LogP contribution in [0.2, 0.25) is 0 Å². The van der Waals surface area contributed by atoms with E-state index in [9.17, 15) is 0 Å². The lowest BCUT2D eigenvalue weighted by atomic mass is 9.84. The Bertz CT molecular complexity index is 375. The number of hydrogen-bond donors (Lipinski definition) is 1. The molecule has 0 saturated carbocycles. The number of ether oxygens (including phenoxy) is 1. The fraction of sp³-hybridized carbons (Fsp3) is 0.625.